The number of nitrogens with zero attached hydrogens (tertiary/aromatic N) is 3. The summed E-state index contributed by atoms with van der Waals surface area (Å²) in [5.74, 6) is 1.84. The maximum absolute atomic E-state index is 5.13. The number of hydrogen-bond acceptors (Lipinski definition) is 4. The molecule has 0 saturated heterocycles. The highest BCUT2D eigenvalue weighted by molar-refractivity contribution is 7.98. The van der Waals surface area contributed by atoms with E-state index in [4.69, 9.17) is 4.74 Å². The molecule has 0 spiro atoms. The number of hydrogen-bond donors (Lipinski definition) is 0. The zero-order valence-electron chi connectivity index (χ0n) is 10.2. The minimum atomic E-state index is 0.786. The highest BCUT2D eigenvalue weighted by Gasteiger charge is 2.08. The van der Waals surface area contributed by atoms with E-state index in [1.165, 1.54) is 5.56 Å². The van der Waals surface area contributed by atoms with Crippen LogP contribution < -0.4 is 4.74 Å². The molecule has 0 aliphatic heterocycles. The molecular weight excluding hydrogens is 234 g/mol. The molecule has 1 aromatic heterocycles. The van der Waals surface area contributed by atoms with E-state index < -0.39 is 0 Å². The van der Waals surface area contributed by atoms with Gasteiger partial charge in [0.05, 0.1) is 7.11 Å². The van der Waals surface area contributed by atoms with Crippen LogP contribution in [0.2, 0.25) is 0 Å². The molecule has 4 nitrogen and oxygen atoms in total. The normalized spacial score (nSPS) is 10.5. The van der Waals surface area contributed by atoms with Gasteiger partial charge in [-0.2, -0.15) is 0 Å². The van der Waals surface area contributed by atoms with Crippen molar-refractivity contribution in [3.05, 3.63) is 35.7 Å². The minimum absolute atomic E-state index is 0.786. The smallest absolute Gasteiger partial charge is 0.190 e. The molecule has 2 aromatic rings. The van der Waals surface area contributed by atoms with Gasteiger partial charge >= 0.3 is 0 Å². The lowest BCUT2D eigenvalue weighted by molar-refractivity contribution is 0.414. The fraction of sp³-hybridized carbons (Fsp3) is 0.333. The van der Waals surface area contributed by atoms with Crippen molar-refractivity contribution in [1.82, 2.24) is 14.8 Å². The third kappa shape index (κ3) is 2.61. The van der Waals surface area contributed by atoms with Crippen molar-refractivity contribution < 1.29 is 4.74 Å². The Hall–Kier alpha value is -1.49. The van der Waals surface area contributed by atoms with Crippen LogP contribution in [0.4, 0.5) is 0 Å². The predicted molar refractivity (Wildman–Crippen MR) is 68.6 cm³/mol. The summed E-state index contributed by atoms with van der Waals surface area (Å²) in [7, 11) is 3.66. The SMILES string of the molecule is COc1ccc(Cc2nnc(SC)n2C)cc1. The molecule has 90 valence electrons. The molecule has 0 aliphatic rings. The Bertz CT molecular complexity index is 493. The molecule has 0 amide bonds. The number of thioether (sulfide) groups is 1. The summed E-state index contributed by atoms with van der Waals surface area (Å²) < 4.78 is 7.15. The molecule has 17 heavy (non-hydrogen) atoms. The van der Waals surface area contributed by atoms with Crippen molar-refractivity contribution in [1.29, 1.82) is 0 Å². The quantitative estimate of drug-likeness (QED) is 0.778. The van der Waals surface area contributed by atoms with Gasteiger partial charge in [-0.25, -0.2) is 0 Å². The first-order valence-corrected chi connectivity index (χ1v) is 6.52. The highest BCUT2D eigenvalue weighted by atomic mass is 32.2. The van der Waals surface area contributed by atoms with E-state index in [9.17, 15) is 0 Å². The molecular formula is C12H15N3OS. The average molecular weight is 249 g/mol. The molecule has 0 aliphatic carbocycles. The number of benzene rings is 1. The zero-order chi connectivity index (χ0) is 12.3. The van der Waals surface area contributed by atoms with E-state index >= 15 is 0 Å². The monoisotopic (exact) mass is 249 g/mol. The molecule has 1 heterocycles. The highest BCUT2D eigenvalue weighted by Crippen LogP contribution is 2.16. The first-order chi connectivity index (χ1) is 8.24. The molecule has 0 N–H and O–H groups in total. The Balaban J connectivity index is 2.16. The van der Waals surface area contributed by atoms with Crippen molar-refractivity contribution in [2.75, 3.05) is 13.4 Å². The Morgan fingerprint density at radius 1 is 1.24 bits per heavy atom. The molecule has 1 aromatic carbocycles. The number of rotatable bonds is 4. The van der Waals surface area contributed by atoms with Gasteiger partial charge in [0.15, 0.2) is 5.16 Å². The van der Waals surface area contributed by atoms with Gasteiger partial charge in [-0.1, -0.05) is 23.9 Å². The fourth-order valence-electron chi connectivity index (χ4n) is 1.60. The van der Waals surface area contributed by atoms with Gasteiger partial charge in [-0.3, -0.25) is 0 Å². The molecule has 0 atom stereocenters. The van der Waals surface area contributed by atoms with E-state index in [1.807, 2.05) is 42.1 Å². The van der Waals surface area contributed by atoms with Gasteiger partial charge in [0, 0.05) is 13.5 Å². The van der Waals surface area contributed by atoms with Crippen LogP contribution in [0, 0.1) is 0 Å². The molecule has 2 rings (SSSR count). The van der Waals surface area contributed by atoms with Crippen LogP contribution in [0.5, 0.6) is 5.75 Å². The minimum Gasteiger partial charge on any atom is -0.497 e. The summed E-state index contributed by atoms with van der Waals surface area (Å²) >= 11 is 1.60. The van der Waals surface area contributed by atoms with Crippen LogP contribution >= 0.6 is 11.8 Å². The van der Waals surface area contributed by atoms with Crippen LogP contribution in [-0.4, -0.2) is 28.1 Å². The van der Waals surface area contributed by atoms with Crippen molar-refractivity contribution >= 4 is 11.8 Å². The lowest BCUT2D eigenvalue weighted by Gasteiger charge is -2.04. The van der Waals surface area contributed by atoms with E-state index in [-0.39, 0.29) is 0 Å². The van der Waals surface area contributed by atoms with E-state index in [0.29, 0.717) is 0 Å². The second-order valence-electron chi connectivity index (χ2n) is 3.69. The van der Waals surface area contributed by atoms with Gasteiger partial charge in [0.25, 0.3) is 0 Å². The number of aromatic nitrogens is 3. The number of methoxy groups -OCH3 is 1. The summed E-state index contributed by atoms with van der Waals surface area (Å²) in [5, 5.41) is 9.24. The van der Waals surface area contributed by atoms with Gasteiger partial charge < -0.3 is 9.30 Å². The van der Waals surface area contributed by atoms with Crippen molar-refractivity contribution in [2.24, 2.45) is 7.05 Å². The average Bonchev–Trinajstić information content (AvgIpc) is 2.71. The summed E-state index contributed by atoms with van der Waals surface area (Å²) in [6.45, 7) is 0. The summed E-state index contributed by atoms with van der Waals surface area (Å²) in [4.78, 5) is 0. The lowest BCUT2D eigenvalue weighted by Crippen LogP contribution is -2.00. The largest absolute Gasteiger partial charge is 0.497 e. The summed E-state index contributed by atoms with van der Waals surface area (Å²) in [6.07, 6.45) is 2.79. The Morgan fingerprint density at radius 3 is 2.47 bits per heavy atom. The first kappa shape index (κ1) is 12.0. The summed E-state index contributed by atoms with van der Waals surface area (Å²) in [5.41, 5.74) is 1.20. The van der Waals surface area contributed by atoms with Crippen molar-refractivity contribution in [3.63, 3.8) is 0 Å². The third-order valence-corrected chi connectivity index (χ3v) is 3.35. The van der Waals surface area contributed by atoms with Crippen LogP contribution in [0.25, 0.3) is 0 Å². The second-order valence-corrected chi connectivity index (χ2v) is 4.46. The van der Waals surface area contributed by atoms with Crippen LogP contribution in [-0.2, 0) is 13.5 Å². The molecule has 0 bridgehead atoms. The molecule has 0 fully saturated rings. The van der Waals surface area contributed by atoms with Crippen LogP contribution in [0.3, 0.4) is 0 Å². The molecule has 5 heteroatoms. The lowest BCUT2D eigenvalue weighted by atomic mass is 10.1. The van der Waals surface area contributed by atoms with Crippen molar-refractivity contribution in [2.45, 2.75) is 11.6 Å². The second kappa shape index (κ2) is 5.23. The van der Waals surface area contributed by atoms with Crippen LogP contribution in [0.15, 0.2) is 29.4 Å². The van der Waals surface area contributed by atoms with E-state index in [0.717, 1.165) is 23.2 Å². The number of ether oxygens (including phenoxy) is 1. The van der Waals surface area contributed by atoms with Crippen LogP contribution in [0.1, 0.15) is 11.4 Å². The molecule has 0 saturated carbocycles. The van der Waals surface area contributed by atoms with Gasteiger partial charge in [0.2, 0.25) is 0 Å². The topological polar surface area (TPSA) is 39.9 Å². The fourth-order valence-corrected chi connectivity index (χ4v) is 2.10. The Kier molecular flexibility index (Phi) is 3.68. The van der Waals surface area contributed by atoms with Gasteiger partial charge in [0.1, 0.15) is 11.6 Å². The van der Waals surface area contributed by atoms with Gasteiger partial charge in [-0.05, 0) is 24.0 Å². The molecule has 0 radical (unpaired) electrons. The third-order valence-electron chi connectivity index (χ3n) is 2.63. The zero-order valence-corrected chi connectivity index (χ0v) is 11.0. The standard InChI is InChI=1S/C12H15N3OS/c1-15-11(13-14-12(15)17-3)8-9-4-6-10(16-2)7-5-9/h4-7H,8H2,1-3H3. The maximum atomic E-state index is 5.13. The van der Waals surface area contributed by atoms with E-state index in [1.54, 1.807) is 18.9 Å². The van der Waals surface area contributed by atoms with Gasteiger partial charge in [-0.15, -0.1) is 10.2 Å². The summed E-state index contributed by atoms with van der Waals surface area (Å²) in [6, 6.07) is 8.01. The van der Waals surface area contributed by atoms with E-state index in [2.05, 4.69) is 10.2 Å². The Morgan fingerprint density at radius 2 is 1.94 bits per heavy atom. The predicted octanol–water partition coefficient (Wildman–Crippen LogP) is 2.14. The first-order valence-electron chi connectivity index (χ1n) is 5.29. The maximum Gasteiger partial charge on any atom is 0.190 e. The Labute approximate surface area is 105 Å². The molecule has 0 unspecified atom stereocenters. The van der Waals surface area contributed by atoms with Crippen molar-refractivity contribution in [3.8, 4) is 5.75 Å².